The number of hydrazine groups is 1. The van der Waals surface area contributed by atoms with Crippen LogP contribution in [0.3, 0.4) is 0 Å². The Morgan fingerprint density at radius 1 is 1.37 bits per heavy atom. The third-order valence-electron chi connectivity index (χ3n) is 2.67. The Hall–Kier alpha value is -2.12. The standard InChI is InChI=1S/C12H10FN5S/c1-6-4-8-11(18-14)16-10(17-12(8)19-6)7-2-3-15-5-9(7)13/h2-5H,14H2,1H3,(H,16,17,18). The maximum Gasteiger partial charge on any atom is 0.166 e. The number of aromatic nitrogens is 3. The van der Waals surface area contributed by atoms with Gasteiger partial charge in [-0.25, -0.2) is 20.2 Å². The number of thiophene rings is 1. The first-order valence-electron chi connectivity index (χ1n) is 5.53. The van der Waals surface area contributed by atoms with Crippen LogP contribution in [0.1, 0.15) is 4.88 Å². The highest BCUT2D eigenvalue weighted by Gasteiger charge is 2.13. The highest BCUT2D eigenvalue weighted by molar-refractivity contribution is 7.18. The SMILES string of the molecule is Cc1cc2c(NN)nc(-c3ccncc3F)nc2s1. The fraction of sp³-hybridized carbons (Fsp3) is 0.0833. The lowest BCUT2D eigenvalue weighted by atomic mass is 10.2. The maximum atomic E-state index is 13.7. The van der Waals surface area contributed by atoms with Gasteiger partial charge in [0.15, 0.2) is 17.5 Å². The molecule has 3 aromatic heterocycles. The number of aryl methyl sites for hydroxylation is 1. The van der Waals surface area contributed by atoms with E-state index in [0.29, 0.717) is 17.2 Å². The summed E-state index contributed by atoms with van der Waals surface area (Å²) in [5.41, 5.74) is 2.84. The van der Waals surface area contributed by atoms with E-state index in [-0.39, 0.29) is 0 Å². The molecule has 0 aliphatic heterocycles. The van der Waals surface area contributed by atoms with Gasteiger partial charge in [-0.3, -0.25) is 4.98 Å². The van der Waals surface area contributed by atoms with Gasteiger partial charge in [0, 0.05) is 11.1 Å². The predicted octanol–water partition coefficient (Wildman–Crippen LogP) is 2.49. The average molecular weight is 275 g/mol. The molecule has 0 amide bonds. The molecule has 0 bridgehead atoms. The normalized spacial score (nSPS) is 10.9. The summed E-state index contributed by atoms with van der Waals surface area (Å²) in [6.07, 6.45) is 2.64. The van der Waals surface area contributed by atoms with E-state index in [4.69, 9.17) is 5.84 Å². The highest BCUT2D eigenvalue weighted by Crippen LogP contribution is 2.30. The van der Waals surface area contributed by atoms with Crippen LogP contribution >= 0.6 is 11.3 Å². The molecule has 96 valence electrons. The maximum absolute atomic E-state index is 13.7. The minimum Gasteiger partial charge on any atom is -0.308 e. The second-order valence-corrected chi connectivity index (χ2v) is 5.21. The highest BCUT2D eigenvalue weighted by atomic mass is 32.1. The summed E-state index contributed by atoms with van der Waals surface area (Å²) < 4.78 is 13.7. The summed E-state index contributed by atoms with van der Waals surface area (Å²) in [6, 6.07) is 3.49. The predicted molar refractivity (Wildman–Crippen MR) is 73.2 cm³/mol. The molecule has 0 saturated carbocycles. The van der Waals surface area contributed by atoms with E-state index >= 15 is 0 Å². The van der Waals surface area contributed by atoms with Crippen molar-refractivity contribution in [2.75, 3.05) is 5.43 Å². The minimum absolute atomic E-state index is 0.294. The molecule has 0 aliphatic rings. The Morgan fingerprint density at radius 3 is 2.95 bits per heavy atom. The molecule has 0 atom stereocenters. The Kier molecular flexibility index (Phi) is 2.84. The lowest BCUT2D eigenvalue weighted by Crippen LogP contribution is -2.10. The van der Waals surface area contributed by atoms with Crippen molar-refractivity contribution in [3.05, 3.63) is 35.2 Å². The van der Waals surface area contributed by atoms with Gasteiger partial charge in [0.05, 0.1) is 17.1 Å². The molecule has 3 rings (SSSR count). The summed E-state index contributed by atoms with van der Waals surface area (Å²) in [5, 5.41) is 0.836. The van der Waals surface area contributed by atoms with Crippen molar-refractivity contribution in [2.24, 2.45) is 5.84 Å². The molecular formula is C12H10FN5S. The van der Waals surface area contributed by atoms with E-state index in [9.17, 15) is 4.39 Å². The lowest BCUT2D eigenvalue weighted by molar-refractivity contribution is 0.624. The van der Waals surface area contributed by atoms with E-state index in [1.165, 1.54) is 23.6 Å². The second-order valence-electron chi connectivity index (χ2n) is 3.97. The number of fused-ring (bicyclic) bond motifs is 1. The first-order valence-corrected chi connectivity index (χ1v) is 6.35. The number of hydrogen-bond acceptors (Lipinski definition) is 6. The Morgan fingerprint density at radius 2 is 2.21 bits per heavy atom. The number of nitrogens with one attached hydrogen (secondary N) is 1. The lowest BCUT2D eigenvalue weighted by Gasteiger charge is -2.05. The summed E-state index contributed by atoms with van der Waals surface area (Å²) >= 11 is 1.51. The summed E-state index contributed by atoms with van der Waals surface area (Å²) in [7, 11) is 0. The van der Waals surface area contributed by atoms with E-state index in [1.807, 2.05) is 13.0 Å². The van der Waals surface area contributed by atoms with Crippen LogP contribution in [0.5, 0.6) is 0 Å². The third-order valence-corrected chi connectivity index (χ3v) is 3.61. The molecule has 0 fully saturated rings. The van der Waals surface area contributed by atoms with Crippen LogP contribution in [-0.2, 0) is 0 Å². The quantitative estimate of drug-likeness (QED) is 0.555. The van der Waals surface area contributed by atoms with Crippen molar-refractivity contribution < 1.29 is 4.39 Å². The first-order chi connectivity index (χ1) is 9.19. The topological polar surface area (TPSA) is 76.7 Å². The van der Waals surface area contributed by atoms with Crippen molar-refractivity contribution >= 4 is 27.4 Å². The molecule has 0 aliphatic carbocycles. The third kappa shape index (κ3) is 2.02. The number of nitrogens with zero attached hydrogens (tertiary/aromatic N) is 3. The average Bonchev–Trinajstić information content (AvgIpc) is 2.78. The van der Waals surface area contributed by atoms with Gasteiger partial charge in [0.25, 0.3) is 0 Å². The summed E-state index contributed by atoms with van der Waals surface area (Å²) in [6.45, 7) is 1.97. The number of halogens is 1. The monoisotopic (exact) mass is 275 g/mol. The Labute approximate surface area is 112 Å². The van der Waals surface area contributed by atoms with E-state index in [0.717, 1.165) is 21.3 Å². The zero-order valence-electron chi connectivity index (χ0n) is 10.0. The van der Waals surface area contributed by atoms with Crippen molar-refractivity contribution in [1.29, 1.82) is 0 Å². The molecule has 3 heterocycles. The van der Waals surface area contributed by atoms with Gasteiger partial charge in [0.2, 0.25) is 0 Å². The van der Waals surface area contributed by atoms with E-state index in [1.54, 1.807) is 0 Å². The molecule has 0 spiro atoms. The van der Waals surface area contributed by atoms with Crippen LogP contribution in [-0.4, -0.2) is 15.0 Å². The largest absolute Gasteiger partial charge is 0.308 e. The van der Waals surface area contributed by atoms with Crippen LogP contribution in [0.25, 0.3) is 21.6 Å². The van der Waals surface area contributed by atoms with Gasteiger partial charge in [-0.05, 0) is 19.1 Å². The van der Waals surface area contributed by atoms with Crippen molar-refractivity contribution in [2.45, 2.75) is 6.92 Å². The van der Waals surface area contributed by atoms with Crippen LogP contribution in [0.2, 0.25) is 0 Å². The zero-order chi connectivity index (χ0) is 13.4. The van der Waals surface area contributed by atoms with Crippen molar-refractivity contribution in [3.8, 4) is 11.4 Å². The first kappa shape index (κ1) is 11.9. The smallest absolute Gasteiger partial charge is 0.166 e. The van der Waals surface area contributed by atoms with Crippen LogP contribution in [0.15, 0.2) is 24.5 Å². The molecule has 5 nitrogen and oxygen atoms in total. The summed E-state index contributed by atoms with van der Waals surface area (Å²) in [4.78, 5) is 14.2. The minimum atomic E-state index is -0.460. The second kappa shape index (κ2) is 4.52. The number of nitrogens with two attached hydrogens (primary N) is 1. The van der Waals surface area contributed by atoms with Gasteiger partial charge in [0.1, 0.15) is 4.83 Å². The van der Waals surface area contributed by atoms with Crippen LogP contribution in [0.4, 0.5) is 10.2 Å². The van der Waals surface area contributed by atoms with Crippen LogP contribution < -0.4 is 11.3 Å². The number of nitrogen functional groups attached to an aromatic ring is 1. The van der Waals surface area contributed by atoms with Crippen molar-refractivity contribution in [3.63, 3.8) is 0 Å². The van der Waals surface area contributed by atoms with Gasteiger partial charge < -0.3 is 5.43 Å². The number of pyridine rings is 1. The van der Waals surface area contributed by atoms with Gasteiger partial charge in [-0.2, -0.15) is 0 Å². The Balaban J connectivity index is 2.28. The molecule has 3 aromatic rings. The van der Waals surface area contributed by atoms with Crippen LogP contribution in [0, 0.1) is 12.7 Å². The number of anilines is 1. The van der Waals surface area contributed by atoms with Crippen molar-refractivity contribution in [1.82, 2.24) is 15.0 Å². The fourth-order valence-corrected chi connectivity index (χ4v) is 2.71. The molecular weight excluding hydrogens is 265 g/mol. The molecule has 0 unspecified atom stereocenters. The van der Waals surface area contributed by atoms with Gasteiger partial charge >= 0.3 is 0 Å². The van der Waals surface area contributed by atoms with Gasteiger partial charge in [-0.1, -0.05) is 0 Å². The fourth-order valence-electron chi connectivity index (χ4n) is 1.83. The number of hydrogen-bond donors (Lipinski definition) is 2. The number of rotatable bonds is 2. The molecule has 0 radical (unpaired) electrons. The van der Waals surface area contributed by atoms with E-state index < -0.39 is 5.82 Å². The van der Waals surface area contributed by atoms with E-state index in [2.05, 4.69) is 20.4 Å². The zero-order valence-corrected chi connectivity index (χ0v) is 10.8. The molecule has 0 aromatic carbocycles. The molecule has 19 heavy (non-hydrogen) atoms. The van der Waals surface area contributed by atoms with Gasteiger partial charge in [-0.15, -0.1) is 11.3 Å². The molecule has 7 heteroatoms. The molecule has 3 N–H and O–H groups in total. The molecule has 0 saturated heterocycles. The Bertz CT molecular complexity index is 755. The summed E-state index contributed by atoms with van der Waals surface area (Å²) in [5.74, 6) is 5.79.